The molecule has 1 aromatic heterocycles. The average Bonchev–Trinajstić information content (AvgIpc) is 2.87. The lowest BCUT2D eigenvalue weighted by Crippen LogP contribution is -2.29. The van der Waals surface area contributed by atoms with E-state index in [9.17, 15) is 4.79 Å². The molecule has 0 aliphatic heterocycles. The Morgan fingerprint density at radius 1 is 1.38 bits per heavy atom. The minimum atomic E-state index is -0.120. The molecule has 0 atom stereocenters. The van der Waals surface area contributed by atoms with Crippen molar-refractivity contribution in [2.75, 3.05) is 20.2 Å². The van der Waals surface area contributed by atoms with E-state index >= 15 is 0 Å². The third-order valence-corrected chi connectivity index (χ3v) is 4.04. The number of nitrogens with zero attached hydrogens (tertiary/aromatic N) is 2. The van der Waals surface area contributed by atoms with Crippen LogP contribution in [0.25, 0.3) is 0 Å². The quantitative estimate of drug-likeness (QED) is 0.887. The van der Waals surface area contributed by atoms with Crippen molar-refractivity contribution in [3.05, 3.63) is 45.9 Å². The number of aromatic nitrogens is 1. The van der Waals surface area contributed by atoms with E-state index in [-0.39, 0.29) is 12.5 Å². The van der Waals surface area contributed by atoms with Crippen molar-refractivity contribution >= 4 is 17.2 Å². The van der Waals surface area contributed by atoms with Crippen LogP contribution in [0.2, 0.25) is 0 Å². The van der Waals surface area contributed by atoms with Crippen LogP contribution in [0.1, 0.15) is 20.4 Å². The molecule has 112 valence electrons. The third kappa shape index (κ3) is 4.03. The Balaban J connectivity index is 2.03. The van der Waals surface area contributed by atoms with Crippen LogP contribution in [0.15, 0.2) is 30.3 Å². The number of hydrogen-bond donors (Lipinski definition) is 1. The summed E-state index contributed by atoms with van der Waals surface area (Å²) < 4.78 is 5.63. The van der Waals surface area contributed by atoms with Crippen LogP contribution in [0.4, 0.5) is 0 Å². The zero-order chi connectivity index (χ0) is 15.2. The van der Waals surface area contributed by atoms with Gasteiger partial charge in [-0.15, -0.1) is 11.3 Å². The highest BCUT2D eigenvalue weighted by Gasteiger charge is 2.18. The number of amides is 1. The number of aliphatic hydroxyl groups is 1. The highest BCUT2D eigenvalue weighted by atomic mass is 32.1. The minimum absolute atomic E-state index is 0.0515. The summed E-state index contributed by atoms with van der Waals surface area (Å²) in [5.74, 6) is 0.653. The maximum atomic E-state index is 12.2. The van der Waals surface area contributed by atoms with Crippen molar-refractivity contribution in [1.82, 2.24) is 9.88 Å². The highest BCUT2D eigenvalue weighted by Crippen LogP contribution is 2.21. The van der Waals surface area contributed by atoms with Gasteiger partial charge in [0.05, 0.1) is 12.3 Å². The summed E-state index contributed by atoms with van der Waals surface area (Å²) in [6, 6.07) is 9.49. The molecule has 0 saturated heterocycles. The molecule has 0 radical (unpaired) electrons. The van der Waals surface area contributed by atoms with E-state index in [1.165, 1.54) is 16.2 Å². The van der Waals surface area contributed by atoms with Crippen molar-refractivity contribution < 1.29 is 14.6 Å². The van der Waals surface area contributed by atoms with Crippen molar-refractivity contribution in [3.8, 4) is 5.75 Å². The molecule has 0 aliphatic rings. The van der Waals surface area contributed by atoms with Crippen LogP contribution in [-0.4, -0.2) is 41.1 Å². The third-order valence-electron chi connectivity index (χ3n) is 2.92. The Kier molecular flexibility index (Phi) is 5.30. The first-order valence-corrected chi connectivity index (χ1v) is 7.44. The molecule has 1 N–H and O–H groups in total. The van der Waals surface area contributed by atoms with Crippen molar-refractivity contribution in [3.63, 3.8) is 0 Å². The number of likely N-dealkylation sites (N-methyl/N-ethyl adjacent to an activating group) is 1. The number of thiazole rings is 1. The fraction of sp³-hybridized carbons (Fsp3) is 0.333. The molecule has 0 aliphatic carbocycles. The SMILES string of the molecule is Cc1nc(COc2ccccc2)sc1C(=O)N(C)CCO. The molecule has 2 aromatic rings. The number of aryl methyl sites for hydroxylation is 1. The number of benzene rings is 1. The van der Waals surface area contributed by atoms with Gasteiger partial charge in [-0.2, -0.15) is 0 Å². The van der Waals surface area contributed by atoms with E-state index in [1.54, 1.807) is 7.05 Å². The number of aliphatic hydroxyl groups excluding tert-OH is 1. The first-order valence-electron chi connectivity index (χ1n) is 6.62. The molecular formula is C15H18N2O3S. The molecule has 0 bridgehead atoms. The first-order chi connectivity index (χ1) is 10.1. The second-order valence-electron chi connectivity index (χ2n) is 4.57. The Morgan fingerprint density at radius 2 is 2.10 bits per heavy atom. The Morgan fingerprint density at radius 3 is 2.76 bits per heavy atom. The van der Waals surface area contributed by atoms with Gasteiger partial charge >= 0.3 is 0 Å². The molecule has 2 rings (SSSR count). The van der Waals surface area contributed by atoms with Gasteiger partial charge in [0.25, 0.3) is 5.91 Å². The number of carbonyl (C=O) groups is 1. The number of rotatable bonds is 6. The van der Waals surface area contributed by atoms with Gasteiger partial charge in [-0.25, -0.2) is 4.98 Å². The molecule has 1 amide bonds. The molecule has 0 unspecified atom stereocenters. The number of carbonyl (C=O) groups excluding carboxylic acids is 1. The van der Waals surface area contributed by atoms with E-state index in [0.29, 0.717) is 23.7 Å². The highest BCUT2D eigenvalue weighted by molar-refractivity contribution is 7.13. The zero-order valence-electron chi connectivity index (χ0n) is 12.1. The molecule has 0 fully saturated rings. The van der Waals surface area contributed by atoms with E-state index in [1.807, 2.05) is 37.3 Å². The second-order valence-corrected chi connectivity index (χ2v) is 5.66. The van der Waals surface area contributed by atoms with Crippen LogP contribution in [0.3, 0.4) is 0 Å². The van der Waals surface area contributed by atoms with Gasteiger partial charge in [0.2, 0.25) is 0 Å². The van der Waals surface area contributed by atoms with E-state index in [4.69, 9.17) is 9.84 Å². The molecule has 1 heterocycles. The predicted octanol–water partition coefficient (Wildman–Crippen LogP) is 2.09. The molecule has 1 aromatic carbocycles. The Bertz CT molecular complexity index is 598. The lowest BCUT2D eigenvalue weighted by molar-refractivity contribution is 0.0771. The van der Waals surface area contributed by atoms with Gasteiger partial charge in [0.15, 0.2) is 0 Å². The summed E-state index contributed by atoms with van der Waals surface area (Å²) in [6.07, 6.45) is 0. The topological polar surface area (TPSA) is 62.7 Å². The van der Waals surface area contributed by atoms with Crippen molar-refractivity contribution in [1.29, 1.82) is 0 Å². The lowest BCUT2D eigenvalue weighted by Gasteiger charge is -2.14. The van der Waals surface area contributed by atoms with Crippen LogP contribution in [0, 0.1) is 6.92 Å². The first kappa shape index (κ1) is 15.5. The Labute approximate surface area is 127 Å². The standard InChI is InChI=1S/C15H18N2O3S/c1-11-14(15(19)17(2)8-9-18)21-13(16-11)10-20-12-6-4-3-5-7-12/h3-7,18H,8-10H2,1-2H3. The summed E-state index contributed by atoms with van der Waals surface area (Å²) in [7, 11) is 1.66. The van der Waals surface area contributed by atoms with Crippen LogP contribution in [0.5, 0.6) is 5.75 Å². The number of hydrogen-bond acceptors (Lipinski definition) is 5. The molecule has 5 nitrogen and oxygen atoms in total. The van der Waals surface area contributed by atoms with E-state index < -0.39 is 0 Å². The average molecular weight is 306 g/mol. The van der Waals surface area contributed by atoms with Gasteiger partial charge in [0, 0.05) is 13.6 Å². The van der Waals surface area contributed by atoms with Crippen molar-refractivity contribution in [2.45, 2.75) is 13.5 Å². The monoisotopic (exact) mass is 306 g/mol. The Hall–Kier alpha value is -1.92. The normalized spacial score (nSPS) is 10.4. The molecule has 6 heteroatoms. The summed E-state index contributed by atoms with van der Waals surface area (Å²) in [5.41, 5.74) is 0.696. The van der Waals surface area contributed by atoms with Gasteiger partial charge in [-0.3, -0.25) is 4.79 Å². The fourth-order valence-corrected chi connectivity index (χ4v) is 2.77. The maximum Gasteiger partial charge on any atom is 0.265 e. The summed E-state index contributed by atoms with van der Waals surface area (Å²) in [4.78, 5) is 18.6. The van der Waals surface area contributed by atoms with E-state index in [2.05, 4.69) is 4.98 Å². The summed E-state index contributed by atoms with van der Waals surface area (Å²) >= 11 is 1.33. The van der Waals surface area contributed by atoms with Gasteiger partial charge in [-0.1, -0.05) is 18.2 Å². The number of para-hydroxylation sites is 1. The fourth-order valence-electron chi connectivity index (χ4n) is 1.80. The molecular weight excluding hydrogens is 288 g/mol. The smallest absolute Gasteiger partial charge is 0.265 e. The molecule has 21 heavy (non-hydrogen) atoms. The largest absolute Gasteiger partial charge is 0.486 e. The lowest BCUT2D eigenvalue weighted by atomic mass is 10.3. The minimum Gasteiger partial charge on any atom is -0.486 e. The van der Waals surface area contributed by atoms with E-state index in [0.717, 1.165) is 10.8 Å². The van der Waals surface area contributed by atoms with Gasteiger partial charge in [-0.05, 0) is 19.1 Å². The summed E-state index contributed by atoms with van der Waals surface area (Å²) in [5, 5.41) is 9.65. The van der Waals surface area contributed by atoms with Crippen LogP contribution < -0.4 is 4.74 Å². The van der Waals surface area contributed by atoms with Gasteiger partial charge < -0.3 is 14.7 Å². The number of ether oxygens (including phenoxy) is 1. The zero-order valence-corrected chi connectivity index (χ0v) is 12.9. The molecule has 0 spiro atoms. The van der Waals surface area contributed by atoms with Crippen molar-refractivity contribution in [2.24, 2.45) is 0 Å². The van der Waals surface area contributed by atoms with Gasteiger partial charge in [0.1, 0.15) is 22.2 Å². The summed E-state index contributed by atoms with van der Waals surface area (Å²) in [6.45, 7) is 2.41. The molecule has 0 saturated carbocycles. The van der Waals surface area contributed by atoms with Crippen LogP contribution >= 0.6 is 11.3 Å². The maximum absolute atomic E-state index is 12.2. The van der Waals surface area contributed by atoms with Crippen LogP contribution in [-0.2, 0) is 6.61 Å². The second kappa shape index (κ2) is 7.19. The predicted molar refractivity (Wildman–Crippen MR) is 81.7 cm³/mol.